The summed E-state index contributed by atoms with van der Waals surface area (Å²) in [6.45, 7) is 7.56. The van der Waals surface area contributed by atoms with E-state index in [4.69, 9.17) is 9.26 Å². The lowest BCUT2D eigenvalue weighted by atomic mass is 10.0. The second-order valence-corrected chi connectivity index (χ2v) is 4.83. The van der Waals surface area contributed by atoms with Gasteiger partial charge in [0.2, 0.25) is 0 Å². The van der Waals surface area contributed by atoms with Crippen molar-refractivity contribution in [1.29, 1.82) is 0 Å². The van der Waals surface area contributed by atoms with E-state index in [1.807, 2.05) is 19.1 Å². The van der Waals surface area contributed by atoms with Crippen LogP contribution in [0.2, 0.25) is 0 Å². The van der Waals surface area contributed by atoms with Crippen LogP contribution in [0.5, 0.6) is 5.75 Å². The number of ether oxygens (including phenoxy) is 1. The Bertz CT molecular complexity index is 537. The van der Waals surface area contributed by atoms with Crippen LogP contribution in [0.3, 0.4) is 0 Å². The molecule has 0 amide bonds. The number of hydrogen-bond acceptors (Lipinski definition) is 5. The third kappa shape index (κ3) is 4.29. The predicted octanol–water partition coefficient (Wildman–Crippen LogP) is 3.27. The molecule has 0 aliphatic carbocycles. The van der Waals surface area contributed by atoms with E-state index in [-0.39, 0.29) is 0 Å². The van der Waals surface area contributed by atoms with Gasteiger partial charge in [-0.1, -0.05) is 38.1 Å². The maximum Gasteiger partial charge on any atom is 0.264 e. The van der Waals surface area contributed by atoms with Gasteiger partial charge in [0.15, 0.2) is 12.4 Å². The van der Waals surface area contributed by atoms with Crippen molar-refractivity contribution >= 4 is 0 Å². The van der Waals surface area contributed by atoms with Crippen LogP contribution in [0, 0.1) is 0 Å². The van der Waals surface area contributed by atoms with E-state index in [1.54, 1.807) is 0 Å². The molecule has 1 atom stereocenters. The Balaban J connectivity index is 1.92. The number of aryl methyl sites for hydroxylation is 1. The summed E-state index contributed by atoms with van der Waals surface area (Å²) in [6.07, 6.45) is 1.83. The van der Waals surface area contributed by atoms with Crippen molar-refractivity contribution in [1.82, 2.24) is 15.5 Å². The zero-order valence-corrected chi connectivity index (χ0v) is 12.9. The molecule has 0 aliphatic rings. The van der Waals surface area contributed by atoms with Crippen molar-refractivity contribution < 1.29 is 9.26 Å². The monoisotopic (exact) mass is 289 g/mol. The molecule has 2 rings (SSSR count). The van der Waals surface area contributed by atoms with Crippen molar-refractivity contribution in [2.75, 3.05) is 6.54 Å². The molecule has 0 aliphatic heterocycles. The Kier molecular flexibility index (Phi) is 5.75. The van der Waals surface area contributed by atoms with Crippen LogP contribution in [-0.4, -0.2) is 16.7 Å². The molecule has 0 saturated heterocycles. The smallest absolute Gasteiger partial charge is 0.264 e. The van der Waals surface area contributed by atoms with Gasteiger partial charge in [0, 0.05) is 12.5 Å². The second kappa shape index (κ2) is 7.78. The minimum absolute atomic E-state index is 0.302. The van der Waals surface area contributed by atoms with Gasteiger partial charge in [-0.15, -0.1) is 0 Å². The summed E-state index contributed by atoms with van der Waals surface area (Å²) in [7, 11) is 0. The van der Waals surface area contributed by atoms with Crippen LogP contribution in [-0.2, 0) is 13.0 Å². The molecule has 1 aromatic heterocycles. The fraction of sp³-hybridized carbons (Fsp3) is 0.500. The van der Waals surface area contributed by atoms with Gasteiger partial charge in [-0.05, 0) is 30.7 Å². The molecule has 0 fully saturated rings. The van der Waals surface area contributed by atoms with E-state index in [0.717, 1.165) is 25.1 Å². The summed E-state index contributed by atoms with van der Waals surface area (Å²) < 4.78 is 10.8. The minimum Gasteiger partial charge on any atom is -0.484 e. The van der Waals surface area contributed by atoms with Crippen LogP contribution in [0.15, 0.2) is 28.8 Å². The molecular weight excluding hydrogens is 266 g/mol. The van der Waals surface area contributed by atoms with Gasteiger partial charge in [0.05, 0.1) is 0 Å². The molecule has 1 N–H and O–H groups in total. The highest BCUT2D eigenvalue weighted by molar-refractivity contribution is 5.29. The SMILES string of the molecule is CCNC(CC)c1ccc(OCc2nc(CC)no2)cc1. The summed E-state index contributed by atoms with van der Waals surface area (Å²) in [4.78, 5) is 4.21. The van der Waals surface area contributed by atoms with Crippen molar-refractivity contribution in [2.45, 2.75) is 46.3 Å². The zero-order valence-electron chi connectivity index (χ0n) is 12.9. The highest BCUT2D eigenvalue weighted by Gasteiger charge is 2.08. The molecule has 1 heterocycles. The first kappa shape index (κ1) is 15.5. The quantitative estimate of drug-likeness (QED) is 0.808. The largest absolute Gasteiger partial charge is 0.484 e. The van der Waals surface area contributed by atoms with E-state index in [2.05, 4.69) is 41.4 Å². The molecule has 0 spiro atoms. The zero-order chi connectivity index (χ0) is 15.1. The molecular formula is C16H23N3O2. The standard InChI is InChI=1S/C16H23N3O2/c1-4-14(17-6-3)12-7-9-13(10-8-12)20-11-16-18-15(5-2)19-21-16/h7-10,14,17H,4-6,11H2,1-3H3. The van der Waals surface area contributed by atoms with E-state index in [0.29, 0.717) is 24.4 Å². The third-order valence-corrected chi connectivity index (χ3v) is 3.33. The van der Waals surface area contributed by atoms with E-state index in [9.17, 15) is 0 Å². The van der Waals surface area contributed by atoms with Crippen molar-refractivity contribution in [3.05, 3.63) is 41.5 Å². The fourth-order valence-corrected chi connectivity index (χ4v) is 2.18. The lowest BCUT2D eigenvalue weighted by Crippen LogP contribution is -2.19. The summed E-state index contributed by atoms with van der Waals surface area (Å²) in [5.74, 6) is 2.02. The number of hydrogen-bond donors (Lipinski definition) is 1. The van der Waals surface area contributed by atoms with Gasteiger partial charge >= 0.3 is 0 Å². The molecule has 2 aromatic rings. The van der Waals surface area contributed by atoms with Crippen LogP contribution in [0.1, 0.15) is 50.5 Å². The van der Waals surface area contributed by atoms with Crippen LogP contribution in [0.4, 0.5) is 0 Å². The van der Waals surface area contributed by atoms with Crippen LogP contribution >= 0.6 is 0 Å². The Hall–Kier alpha value is -1.88. The van der Waals surface area contributed by atoms with Crippen molar-refractivity contribution in [3.63, 3.8) is 0 Å². The van der Waals surface area contributed by atoms with E-state index >= 15 is 0 Å². The number of rotatable bonds is 8. The normalized spacial score (nSPS) is 12.3. The summed E-state index contributed by atoms with van der Waals surface area (Å²) in [5.41, 5.74) is 1.28. The molecule has 0 bridgehead atoms. The maximum absolute atomic E-state index is 5.66. The van der Waals surface area contributed by atoms with Gasteiger partial charge in [-0.25, -0.2) is 0 Å². The van der Waals surface area contributed by atoms with Gasteiger partial charge in [0.1, 0.15) is 5.75 Å². The van der Waals surface area contributed by atoms with Crippen molar-refractivity contribution in [3.8, 4) is 5.75 Å². The topological polar surface area (TPSA) is 60.2 Å². The van der Waals surface area contributed by atoms with Gasteiger partial charge in [-0.3, -0.25) is 0 Å². The molecule has 1 unspecified atom stereocenters. The highest BCUT2D eigenvalue weighted by Crippen LogP contribution is 2.20. The molecule has 114 valence electrons. The molecule has 5 heteroatoms. The van der Waals surface area contributed by atoms with Crippen LogP contribution < -0.4 is 10.1 Å². The summed E-state index contributed by atoms with van der Waals surface area (Å²) >= 11 is 0. The minimum atomic E-state index is 0.302. The highest BCUT2D eigenvalue weighted by atomic mass is 16.5. The number of aromatic nitrogens is 2. The Labute approximate surface area is 125 Å². The van der Waals surface area contributed by atoms with Gasteiger partial charge in [0.25, 0.3) is 5.89 Å². The lowest BCUT2D eigenvalue weighted by molar-refractivity contribution is 0.242. The first-order valence-electron chi connectivity index (χ1n) is 7.54. The van der Waals surface area contributed by atoms with E-state index < -0.39 is 0 Å². The summed E-state index contributed by atoms with van der Waals surface area (Å²) in [6, 6.07) is 8.54. The molecule has 0 saturated carbocycles. The third-order valence-electron chi connectivity index (χ3n) is 3.33. The summed E-state index contributed by atoms with van der Waals surface area (Å²) in [5, 5.41) is 7.30. The molecule has 21 heavy (non-hydrogen) atoms. The fourth-order valence-electron chi connectivity index (χ4n) is 2.18. The number of nitrogens with one attached hydrogen (secondary N) is 1. The first-order valence-corrected chi connectivity index (χ1v) is 7.54. The van der Waals surface area contributed by atoms with Gasteiger partial charge < -0.3 is 14.6 Å². The number of nitrogens with zero attached hydrogens (tertiary/aromatic N) is 2. The van der Waals surface area contributed by atoms with Crippen LogP contribution in [0.25, 0.3) is 0 Å². The first-order chi connectivity index (χ1) is 10.3. The number of benzene rings is 1. The molecule has 0 radical (unpaired) electrons. The lowest BCUT2D eigenvalue weighted by Gasteiger charge is -2.16. The Morgan fingerprint density at radius 3 is 2.52 bits per heavy atom. The predicted molar refractivity (Wildman–Crippen MR) is 81.2 cm³/mol. The van der Waals surface area contributed by atoms with Gasteiger partial charge in [-0.2, -0.15) is 4.98 Å². The average Bonchev–Trinajstić information content (AvgIpc) is 2.99. The Morgan fingerprint density at radius 1 is 1.19 bits per heavy atom. The second-order valence-electron chi connectivity index (χ2n) is 4.83. The Morgan fingerprint density at radius 2 is 1.95 bits per heavy atom. The molecule has 5 nitrogen and oxygen atoms in total. The van der Waals surface area contributed by atoms with Crippen molar-refractivity contribution in [2.24, 2.45) is 0 Å². The molecule has 1 aromatic carbocycles. The maximum atomic E-state index is 5.66. The average molecular weight is 289 g/mol. The van der Waals surface area contributed by atoms with E-state index in [1.165, 1.54) is 5.56 Å².